The molecule has 1 aliphatic rings. The zero-order valence-electron chi connectivity index (χ0n) is 23.1. The number of nitrogens with one attached hydrogen (secondary N) is 1. The quantitative estimate of drug-likeness (QED) is 0.252. The van der Waals surface area contributed by atoms with Crippen molar-refractivity contribution in [2.45, 2.75) is 38.5 Å². The highest BCUT2D eigenvalue weighted by molar-refractivity contribution is 5.93. The Morgan fingerprint density at radius 3 is 2.56 bits per heavy atom. The predicted octanol–water partition coefficient (Wildman–Crippen LogP) is 1.57. The van der Waals surface area contributed by atoms with Crippen molar-refractivity contribution in [2.75, 3.05) is 12.0 Å². The number of nitrogens with zero attached hydrogens (tertiary/aromatic N) is 5. The lowest BCUT2D eigenvalue weighted by molar-refractivity contribution is -0.697. The molecular weight excluding hydrogens is 585 g/mol. The number of carbonyl (C=O) groups excluding carboxylic acids is 1. The molecule has 2 aromatic heterocycles. The standard InChI is InChI=1S/C30H25F3N6O3.ClH/c1-19-25(27(40)42-2)26(24-12-11-20(18-34)16-21(24)8-7-15-37-13-4-3-5-14-37)39-28(35-36-29(39)41)38(19)23-10-6-9-22(17-23)30(31,32)33;/h3-6,9-14,16-17,26H,7-8,15H2,1-2H3;1H/t26-;/m1./s1. The van der Waals surface area contributed by atoms with E-state index in [4.69, 9.17) is 4.74 Å². The van der Waals surface area contributed by atoms with Gasteiger partial charge in [-0.15, -0.1) is 5.10 Å². The maximum absolute atomic E-state index is 13.6. The molecule has 0 saturated heterocycles. The number of hydrogen-bond acceptors (Lipinski definition) is 6. The third kappa shape index (κ3) is 6.03. The number of esters is 1. The second kappa shape index (κ2) is 12.5. The van der Waals surface area contributed by atoms with Crippen LogP contribution >= 0.6 is 0 Å². The number of H-pyrrole nitrogens is 1. The summed E-state index contributed by atoms with van der Waals surface area (Å²) < 4.78 is 49.1. The minimum absolute atomic E-state index is 0. The molecule has 222 valence electrons. The van der Waals surface area contributed by atoms with Crippen molar-refractivity contribution in [3.63, 3.8) is 0 Å². The van der Waals surface area contributed by atoms with Gasteiger partial charge in [-0.25, -0.2) is 23.8 Å². The number of fused-ring (bicyclic) bond motifs is 1. The number of pyridine rings is 1. The van der Waals surface area contributed by atoms with E-state index in [9.17, 15) is 28.0 Å². The van der Waals surface area contributed by atoms with Gasteiger partial charge in [0.25, 0.3) is 0 Å². The molecule has 9 nitrogen and oxygen atoms in total. The first-order chi connectivity index (χ1) is 20.1. The van der Waals surface area contributed by atoms with Crippen molar-refractivity contribution in [1.82, 2.24) is 14.8 Å². The Bertz CT molecular complexity index is 1780. The minimum Gasteiger partial charge on any atom is -1.00 e. The van der Waals surface area contributed by atoms with Crippen LogP contribution in [-0.2, 0) is 28.7 Å². The number of halogens is 4. The van der Waals surface area contributed by atoms with Crippen LogP contribution < -0.4 is 27.6 Å². The first-order valence-corrected chi connectivity index (χ1v) is 13.0. The normalized spacial score (nSPS) is 14.5. The van der Waals surface area contributed by atoms with E-state index in [1.54, 1.807) is 25.1 Å². The summed E-state index contributed by atoms with van der Waals surface area (Å²) in [6.07, 6.45) is 0.459. The number of benzene rings is 2. The Kier molecular flexibility index (Phi) is 9.06. The smallest absolute Gasteiger partial charge is 0.416 e. The van der Waals surface area contributed by atoms with Crippen LogP contribution in [0.2, 0.25) is 0 Å². The summed E-state index contributed by atoms with van der Waals surface area (Å²) in [6.45, 7) is 2.25. The fourth-order valence-corrected chi connectivity index (χ4v) is 5.27. The van der Waals surface area contributed by atoms with Crippen LogP contribution in [-0.4, -0.2) is 27.8 Å². The molecule has 0 saturated carbocycles. The van der Waals surface area contributed by atoms with E-state index in [0.717, 1.165) is 17.7 Å². The summed E-state index contributed by atoms with van der Waals surface area (Å²) in [4.78, 5) is 27.9. The van der Waals surface area contributed by atoms with Gasteiger partial charge in [0.2, 0.25) is 5.95 Å². The van der Waals surface area contributed by atoms with E-state index in [-0.39, 0.29) is 35.3 Å². The number of hydrogen-bond donors (Lipinski definition) is 1. The highest BCUT2D eigenvalue weighted by Gasteiger charge is 2.41. The molecule has 3 heterocycles. The molecule has 0 spiro atoms. The summed E-state index contributed by atoms with van der Waals surface area (Å²) in [7, 11) is 1.19. The van der Waals surface area contributed by atoms with Crippen LogP contribution in [0, 0.1) is 11.3 Å². The SMILES string of the molecule is COC(=O)C1=C(C)N(c2cccc(C(F)(F)F)c2)c2n[nH]c(=O)n2[C@@H]1c1ccc(C#N)cc1CCC[n+]1ccccc1.[Cl-]. The fourth-order valence-electron chi connectivity index (χ4n) is 5.27. The third-order valence-corrected chi connectivity index (χ3v) is 7.19. The monoisotopic (exact) mass is 610 g/mol. The molecular formula is C30H26ClF3N6O3. The second-order valence-corrected chi connectivity index (χ2v) is 9.72. The van der Waals surface area contributed by atoms with Gasteiger partial charge in [-0.3, -0.25) is 4.90 Å². The number of aromatic amines is 1. The van der Waals surface area contributed by atoms with Crippen molar-refractivity contribution >= 4 is 17.6 Å². The zero-order chi connectivity index (χ0) is 30.0. The van der Waals surface area contributed by atoms with E-state index < -0.39 is 29.4 Å². The Balaban J connectivity index is 0.00000423. The van der Waals surface area contributed by atoms with Crippen LogP contribution in [0.4, 0.5) is 24.8 Å². The van der Waals surface area contributed by atoms with Crippen molar-refractivity contribution in [3.8, 4) is 6.07 Å². The lowest BCUT2D eigenvalue weighted by atomic mass is 9.88. The number of nitriles is 1. The van der Waals surface area contributed by atoms with Crippen molar-refractivity contribution < 1.29 is 39.7 Å². The molecule has 0 unspecified atom stereocenters. The Hall–Kier alpha value is -4.89. The van der Waals surface area contributed by atoms with Gasteiger partial charge in [-0.2, -0.15) is 18.4 Å². The number of aromatic nitrogens is 4. The Labute approximate surface area is 250 Å². The average Bonchev–Trinajstić information content (AvgIpc) is 3.36. The molecule has 0 radical (unpaired) electrons. The maximum atomic E-state index is 13.6. The van der Waals surface area contributed by atoms with E-state index in [0.29, 0.717) is 30.5 Å². The number of rotatable bonds is 7. The summed E-state index contributed by atoms with van der Waals surface area (Å²) >= 11 is 0. The summed E-state index contributed by atoms with van der Waals surface area (Å²) in [5.74, 6) is -0.756. The Morgan fingerprint density at radius 1 is 1.14 bits per heavy atom. The number of anilines is 2. The lowest BCUT2D eigenvalue weighted by Gasteiger charge is -2.36. The number of carbonyl (C=O) groups is 1. The number of allylic oxidation sites excluding steroid dienone is 1. The summed E-state index contributed by atoms with van der Waals surface area (Å²) in [5.41, 5.74) is 0.490. The van der Waals surface area contributed by atoms with Gasteiger partial charge in [-0.1, -0.05) is 18.2 Å². The van der Waals surface area contributed by atoms with Crippen LogP contribution in [0.5, 0.6) is 0 Å². The Morgan fingerprint density at radius 2 is 1.88 bits per heavy atom. The maximum Gasteiger partial charge on any atom is 0.416 e. The van der Waals surface area contributed by atoms with Gasteiger partial charge in [0.15, 0.2) is 12.4 Å². The molecule has 0 amide bonds. The van der Waals surface area contributed by atoms with E-state index in [2.05, 4.69) is 16.3 Å². The van der Waals surface area contributed by atoms with Gasteiger partial charge in [-0.05, 0) is 54.8 Å². The van der Waals surface area contributed by atoms with Gasteiger partial charge < -0.3 is 17.1 Å². The van der Waals surface area contributed by atoms with Gasteiger partial charge in [0.1, 0.15) is 12.6 Å². The fraction of sp³-hybridized carbons (Fsp3) is 0.233. The molecule has 4 aromatic rings. The molecule has 43 heavy (non-hydrogen) atoms. The molecule has 1 atom stereocenters. The van der Waals surface area contributed by atoms with Crippen LogP contribution in [0.1, 0.15) is 41.6 Å². The molecule has 0 fully saturated rings. The van der Waals surface area contributed by atoms with Gasteiger partial charge in [0.05, 0.1) is 29.9 Å². The molecule has 13 heteroatoms. The lowest BCUT2D eigenvalue weighted by Crippen LogP contribution is -3.00. The number of methoxy groups -OCH3 is 1. The molecule has 5 rings (SSSR count). The van der Waals surface area contributed by atoms with E-state index in [1.165, 1.54) is 28.7 Å². The summed E-state index contributed by atoms with van der Waals surface area (Å²) in [6, 6.07) is 16.4. The topological polar surface area (TPSA) is 108 Å². The van der Waals surface area contributed by atoms with Crippen molar-refractivity contribution in [2.24, 2.45) is 0 Å². The molecule has 2 aromatic carbocycles. The second-order valence-electron chi connectivity index (χ2n) is 9.72. The molecule has 1 aliphatic heterocycles. The molecule has 1 N–H and O–H groups in total. The third-order valence-electron chi connectivity index (χ3n) is 7.19. The van der Waals surface area contributed by atoms with Gasteiger partial charge in [0, 0.05) is 29.9 Å². The number of alkyl halides is 3. The minimum atomic E-state index is -4.61. The highest BCUT2D eigenvalue weighted by Crippen LogP contribution is 2.43. The summed E-state index contributed by atoms with van der Waals surface area (Å²) in [5, 5.41) is 16.1. The number of ether oxygens (including phenoxy) is 1. The largest absolute Gasteiger partial charge is 1.00 e. The van der Waals surface area contributed by atoms with E-state index >= 15 is 0 Å². The predicted molar refractivity (Wildman–Crippen MR) is 145 cm³/mol. The molecule has 0 bridgehead atoms. The van der Waals surface area contributed by atoms with Crippen molar-refractivity contribution in [1.29, 1.82) is 5.26 Å². The zero-order valence-corrected chi connectivity index (χ0v) is 23.9. The van der Waals surface area contributed by atoms with Gasteiger partial charge >= 0.3 is 17.8 Å². The van der Waals surface area contributed by atoms with E-state index in [1.807, 2.05) is 35.2 Å². The first-order valence-electron chi connectivity index (χ1n) is 13.0. The number of aryl methyl sites for hydroxylation is 2. The highest BCUT2D eigenvalue weighted by atomic mass is 35.5. The average molecular weight is 611 g/mol. The van der Waals surface area contributed by atoms with Crippen LogP contribution in [0.25, 0.3) is 0 Å². The molecule has 0 aliphatic carbocycles. The van der Waals surface area contributed by atoms with Crippen molar-refractivity contribution in [3.05, 3.63) is 117 Å². The first kappa shape index (κ1) is 31.1. The van der Waals surface area contributed by atoms with Crippen LogP contribution in [0.3, 0.4) is 0 Å². The van der Waals surface area contributed by atoms with Crippen LogP contribution in [0.15, 0.2) is 89.1 Å².